The van der Waals surface area contributed by atoms with Crippen molar-refractivity contribution >= 4 is 5.78 Å². The minimum atomic E-state index is -0.0861. The number of Topliss-reactive ketones (excluding diaryl/α,β-unsaturated/α-hetero) is 1. The maximum atomic E-state index is 11.4. The van der Waals surface area contributed by atoms with Crippen molar-refractivity contribution in [3.63, 3.8) is 0 Å². The standard InChI is InChI=1S/C14H18O2/c1-9-7-13-11(8-12(9)10(2)15)5-6-14(3,4)16-13/h7-8H,5-6H2,1-4H3. The maximum absolute atomic E-state index is 11.4. The van der Waals surface area contributed by atoms with Crippen LogP contribution >= 0.6 is 0 Å². The average Bonchev–Trinajstić information content (AvgIpc) is 2.14. The monoisotopic (exact) mass is 218 g/mol. The third kappa shape index (κ3) is 1.97. The normalized spacial score (nSPS) is 17.5. The van der Waals surface area contributed by atoms with Gasteiger partial charge < -0.3 is 4.74 Å². The Morgan fingerprint density at radius 1 is 1.38 bits per heavy atom. The molecule has 1 aromatic rings. The number of aryl methyl sites for hydroxylation is 2. The van der Waals surface area contributed by atoms with E-state index in [1.54, 1.807) is 6.92 Å². The summed E-state index contributed by atoms with van der Waals surface area (Å²) in [4.78, 5) is 11.4. The second kappa shape index (κ2) is 3.62. The topological polar surface area (TPSA) is 26.3 Å². The van der Waals surface area contributed by atoms with Gasteiger partial charge in [-0.2, -0.15) is 0 Å². The van der Waals surface area contributed by atoms with Crippen LogP contribution in [0.3, 0.4) is 0 Å². The number of ketones is 1. The van der Waals surface area contributed by atoms with E-state index in [0.29, 0.717) is 0 Å². The molecule has 0 aliphatic carbocycles. The first-order valence-electron chi connectivity index (χ1n) is 5.72. The van der Waals surface area contributed by atoms with Crippen molar-refractivity contribution in [2.45, 2.75) is 46.1 Å². The zero-order valence-electron chi connectivity index (χ0n) is 10.4. The van der Waals surface area contributed by atoms with Crippen LogP contribution in [0.4, 0.5) is 0 Å². The highest BCUT2D eigenvalue weighted by Gasteiger charge is 2.27. The smallest absolute Gasteiger partial charge is 0.160 e. The Morgan fingerprint density at radius 2 is 2.06 bits per heavy atom. The highest BCUT2D eigenvalue weighted by atomic mass is 16.5. The van der Waals surface area contributed by atoms with Crippen molar-refractivity contribution in [1.29, 1.82) is 0 Å². The van der Waals surface area contributed by atoms with Crippen molar-refractivity contribution in [3.05, 3.63) is 28.8 Å². The van der Waals surface area contributed by atoms with E-state index in [0.717, 1.165) is 35.3 Å². The Hall–Kier alpha value is -1.31. The Kier molecular flexibility index (Phi) is 2.53. The molecule has 0 bridgehead atoms. The van der Waals surface area contributed by atoms with Crippen LogP contribution in [0.5, 0.6) is 5.75 Å². The molecular formula is C14H18O2. The summed E-state index contributed by atoms with van der Waals surface area (Å²) in [5, 5.41) is 0. The summed E-state index contributed by atoms with van der Waals surface area (Å²) in [6.07, 6.45) is 1.99. The quantitative estimate of drug-likeness (QED) is 0.676. The molecule has 0 saturated carbocycles. The number of benzene rings is 1. The van der Waals surface area contributed by atoms with E-state index in [1.807, 2.05) is 19.1 Å². The van der Waals surface area contributed by atoms with Crippen LogP contribution in [0.2, 0.25) is 0 Å². The minimum Gasteiger partial charge on any atom is -0.488 e. The Morgan fingerprint density at radius 3 is 2.69 bits per heavy atom. The van der Waals surface area contributed by atoms with E-state index < -0.39 is 0 Å². The third-order valence-corrected chi connectivity index (χ3v) is 3.17. The SMILES string of the molecule is CC(=O)c1cc2c(cc1C)OC(C)(C)CC2. The molecule has 0 unspecified atom stereocenters. The molecule has 1 heterocycles. The van der Waals surface area contributed by atoms with Crippen molar-refractivity contribution in [2.75, 3.05) is 0 Å². The fraction of sp³-hybridized carbons (Fsp3) is 0.500. The highest BCUT2D eigenvalue weighted by Crippen LogP contribution is 2.34. The van der Waals surface area contributed by atoms with Crippen LogP contribution < -0.4 is 4.74 Å². The number of carbonyl (C=O) groups is 1. The predicted molar refractivity (Wildman–Crippen MR) is 64.2 cm³/mol. The van der Waals surface area contributed by atoms with Gasteiger partial charge in [-0.3, -0.25) is 4.79 Å². The molecule has 0 saturated heterocycles. The van der Waals surface area contributed by atoms with Gasteiger partial charge in [-0.1, -0.05) is 0 Å². The van der Waals surface area contributed by atoms with Crippen molar-refractivity contribution < 1.29 is 9.53 Å². The summed E-state index contributed by atoms with van der Waals surface area (Å²) in [7, 11) is 0. The van der Waals surface area contributed by atoms with Crippen LogP contribution in [0.15, 0.2) is 12.1 Å². The van der Waals surface area contributed by atoms with Gasteiger partial charge in [0.25, 0.3) is 0 Å². The van der Waals surface area contributed by atoms with E-state index in [1.165, 1.54) is 0 Å². The predicted octanol–water partition coefficient (Wildman–Crippen LogP) is 3.30. The van der Waals surface area contributed by atoms with Gasteiger partial charge in [-0.25, -0.2) is 0 Å². The number of ether oxygens (including phenoxy) is 1. The Bertz CT molecular complexity index is 444. The largest absolute Gasteiger partial charge is 0.488 e. The lowest BCUT2D eigenvalue weighted by molar-refractivity contribution is 0.0845. The fourth-order valence-corrected chi connectivity index (χ4v) is 2.18. The zero-order valence-corrected chi connectivity index (χ0v) is 10.4. The van der Waals surface area contributed by atoms with Gasteiger partial charge in [0.15, 0.2) is 5.78 Å². The van der Waals surface area contributed by atoms with E-state index in [9.17, 15) is 4.79 Å². The lowest BCUT2D eigenvalue weighted by Gasteiger charge is -2.33. The first-order valence-corrected chi connectivity index (χ1v) is 5.72. The molecule has 1 aromatic carbocycles. The molecule has 0 spiro atoms. The van der Waals surface area contributed by atoms with E-state index in [4.69, 9.17) is 4.74 Å². The molecule has 0 N–H and O–H groups in total. The number of hydrogen-bond donors (Lipinski definition) is 0. The second-order valence-corrected chi connectivity index (χ2v) is 5.19. The molecule has 2 rings (SSSR count). The lowest BCUT2D eigenvalue weighted by Crippen LogP contribution is -2.32. The summed E-state index contributed by atoms with van der Waals surface area (Å²) in [5.41, 5.74) is 2.90. The van der Waals surface area contributed by atoms with Crippen LogP contribution in [-0.4, -0.2) is 11.4 Å². The van der Waals surface area contributed by atoms with Gasteiger partial charge in [0.1, 0.15) is 11.4 Å². The lowest BCUT2D eigenvalue weighted by atomic mass is 9.91. The molecule has 16 heavy (non-hydrogen) atoms. The Labute approximate surface area is 96.6 Å². The van der Waals surface area contributed by atoms with E-state index in [2.05, 4.69) is 13.8 Å². The first kappa shape index (κ1) is 11.2. The van der Waals surface area contributed by atoms with Gasteiger partial charge in [-0.15, -0.1) is 0 Å². The van der Waals surface area contributed by atoms with Gasteiger partial charge in [0, 0.05) is 5.56 Å². The molecule has 86 valence electrons. The molecule has 0 radical (unpaired) electrons. The molecule has 0 atom stereocenters. The molecule has 1 aliphatic heterocycles. The van der Waals surface area contributed by atoms with Crippen LogP contribution in [0.1, 0.15) is 48.7 Å². The third-order valence-electron chi connectivity index (χ3n) is 3.17. The van der Waals surface area contributed by atoms with Gasteiger partial charge in [0.05, 0.1) is 0 Å². The molecule has 1 aliphatic rings. The zero-order chi connectivity index (χ0) is 11.9. The highest BCUT2D eigenvalue weighted by molar-refractivity contribution is 5.96. The number of carbonyl (C=O) groups excluding carboxylic acids is 1. The summed E-state index contributed by atoms with van der Waals surface area (Å²) in [6.45, 7) is 7.78. The molecule has 2 nitrogen and oxygen atoms in total. The summed E-state index contributed by atoms with van der Waals surface area (Å²) < 4.78 is 5.92. The first-order chi connectivity index (χ1) is 7.39. The summed E-state index contributed by atoms with van der Waals surface area (Å²) in [6, 6.07) is 3.98. The average molecular weight is 218 g/mol. The van der Waals surface area contributed by atoms with Crippen LogP contribution in [-0.2, 0) is 6.42 Å². The Balaban J connectivity index is 2.46. The van der Waals surface area contributed by atoms with Gasteiger partial charge in [0.2, 0.25) is 0 Å². The van der Waals surface area contributed by atoms with Gasteiger partial charge in [-0.05, 0) is 63.8 Å². The molecular weight excluding hydrogens is 200 g/mol. The van der Waals surface area contributed by atoms with Gasteiger partial charge >= 0.3 is 0 Å². The number of rotatable bonds is 1. The van der Waals surface area contributed by atoms with Crippen molar-refractivity contribution in [3.8, 4) is 5.75 Å². The number of fused-ring (bicyclic) bond motifs is 1. The molecule has 0 aromatic heterocycles. The maximum Gasteiger partial charge on any atom is 0.160 e. The molecule has 2 heteroatoms. The summed E-state index contributed by atoms with van der Waals surface area (Å²) in [5.74, 6) is 1.07. The fourth-order valence-electron chi connectivity index (χ4n) is 2.18. The summed E-state index contributed by atoms with van der Waals surface area (Å²) >= 11 is 0. The molecule has 0 fully saturated rings. The molecule has 0 amide bonds. The van der Waals surface area contributed by atoms with E-state index in [-0.39, 0.29) is 11.4 Å². The van der Waals surface area contributed by atoms with Crippen LogP contribution in [0.25, 0.3) is 0 Å². The second-order valence-electron chi connectivity index (χ2n) is 5.19. The van der Waals surface area contributed by atoms with Crippen molar-refractivity contribution in [2.24, 2.45) is 0 Å². The minimum absolute atomic E-state index is 0.0861. The van der Waals surface area contributed by atoms with Crippen molar-refractivity contribution in [1.82, 2.24) is 0 Å². The van der Waals surface area contributed by atoms with Crippen LogP contribution in [0, 0.1) is 6.92 Å². The van der Waals surface area contributed by atoms with E-state index >= 15 is 0 Å². The number of hydrogen-bond acceptors (Lipinski definition) is 2.